The molecule has 0 aliphatic heterocycles. The molecule has 1 amide bonds. The van der Waals surface area contributed by atoms with Gasteiger partial charge in [-0.3, -0.25) is 4.79 Å². The van der Waals surface area contributed by atoms with Gasteiger partial charge in [0.15, 0.2) is 0 Å². The highest BCUT2D eigenvalue weighted by Crippen LogP contribution is 2.18. The van der Waals surface area contributed by atoms with Gasteiger partial charge >= 0.3 is 0 Å². The molecule has 4 heteroatoms. The molecule has 0 N–H and O–H groups in total. The van der Waals surface area contributed by atoms with Gasteiger partial charge in [-0.1, -0.05) is 0 Å². The third kappa shape index (κ3) is 3.06. The molecule has 2 aromatic heterocycles. The fraction of sp³-hybridized carbons (Fsp3) is 0.211. The molecular formula is C19H20N2O2. The van der Waals surface area contributed by atoms with Gasteiger partial charge in [0.2, 0.25) is 0 Å². The van der Waals surface area contributed by atoms with E-state index in [0.717, 1.165) is 11.4 Å². The van der Waals surface area contributed by atoms with Crippen LogP contribution in [0.15, 0.2) is 59.2 Å². The van der Waals surface area contributed by atoms with Gasteiger partial charge in [0.25, 0.3) is 5.91 Å². The van der Waals surface area contributed by atoms with Crippen molar-refractivity contribution >= 4 is 5.91 Å². The predicted molar refractivity (Wildman–Crippen MR) is 89.7 cm³/mol. The highest BCUT2D eigenvalue weighted by molar-refractivity contribution is 5.94. The van der Waals surface area contributed by atoms with Crippen molar-refractivity contribution in [3.63, 3.8) is 0 Å². The van der Waals surface area contributed by atoms with Crippen molar-refractivity contribution in [1.82, 2.24) is 9.47 Å². The zero-order valence-corrected chi connectivity index (χ0v) is 13.6. The van der Waals surface area contributed by atoms with Crippen molar-refractivity contribution in [1.29, 1.82) is 0 Å². The fourth-order valence-corrected chi connectivity index (χ4v) is 2.76. The van der Waals surface area contributed by atoms with Crippen LogP contribution in [0.1, 0.15) is 27.5 Å². The fourth-order valence-electron chi connectivity index (χ4n) is 2.76. The summed E-state index contributed by atoms with van der Waals surface area (Å²) in [6.45, 7) is 4.61. The van der Waals surface area contributed by atoms with E-state index in [1.165, 1.54) is 11.4 Å². The molecule has 23 heavy (non-hydrogen) atoms. The largest absolute Gasteiger partial charge is 0.467 e. The molecule has 3 aromatic rings. The molecule has 0 aliphatic carbocycles. The Bertz CT molecular complexity index is 779. The average Bonchev–Trinajstić information content (AvgIpc) is 3.17. The monoisotopic (exact) mass is 308 g/mol. The van der Waals surface area contributed by atoms with Crippen molar-refractivity contribution in [3.8, 4) is 5.69 Å². The second-order valence-electron chi connectivity index (χ2n) is 5.74. The molecular weight excluding hydrogens is 288 g/mol. The molecule has 0 saturated heterocycles. The Morgan fingerprint density at radius 2 is 1.70 bits per heavy atom. The van der Waals surface area contributed by atoms with Crippen LogP contribution in [0.3, 0.4) is 0 Å². The number of furan rings is 1. The van der Waals surface area contributed by atoms with Crippen LogP contribution in [-0.4, -0.2) is 22.4 Å². The number of hydrogen-bond donors (Lipinski definition) is 0. The molecule has 0 atom stereocenters. The Balaban J connectivity index is 1.78. The SMILES string of the molecule is Cc1ccc(C)n1-c1ccc(C(=O)N(C)Cc2ccco2)cc1. The lowest BCUT2D eigenvalue weighted by Gasteiger charge is -2.16. The van der Waals surface area contributed by atoms with Gasteiger partial charge in [-0.05, 0) is 62.4 Å². The summed E-state index contributed by atoms with van der Waals surface area (Å²) >= 11 is 0. The first-order chi connectivity index (χ1) is 11.1. The van der Waals surface area contributed by atoms with E-state index in [9.17, 15) is 4.79 Å². The Morgan fingerprint density at radius 1 is 1.04 bits per heavy atom. The van der Waals surface area contributed by atoms with Crippen LogP contribution in [0.25, 0.3) is 5.69 Å². The van der Waals surface area contributed by atoms with Gasteiger partial charge in [-0.15, -0.1) is 0 Å². The zero-order chi connectivity index (χ0) is 16.4. The minimum absolute atomic E-state index is 0.0195. The van der Waals surface area contributed by atoms with Crippen LogP contribution in [0.4, 0.5) is 0 Å². The summed E-state index contributed by atoms with van der Waals surface area (Å²) in [5, 5.41) is 0. The van der Waals surface area contributed by atoms with Gasteiger partial charge in [-0.25, -0.2) is 0 Å². The minimum atomic E-state index is -0.0195. The molecule has 2 heterocycles. The summed E-state index contributed by atoms with van der Waals surface area (Å²) in [4.78, 5) is 14.1. The summed E-state index contributed by atoms with van der Waals surface area (Å²) in [7, 11) is 1.78. The molecule has 4 nitrogen and oxygen atoms in total. The maximum atomic E-state index is 12.5. The van der Waals surface area contributed by atoms with E-state index in [1.807, 2.05) is 36.4 Å². The standard InChI is InChI=1S/C19H20N2O2/c1-14-6-7-15(2)21(14)17-10-8-16(9-11-17)19(22)20(3)13-18-5-4-12-23-18/h4-12H,13H2,1-3H3. The molecule has 0 unspecified atom stereocenters. The van der Waals surface area contributed by atoms with Crippen molar-refractivity contribution in [2.24, 2.45) is 0 Å². The van der Waals surface area contributed by atoms with Crippen molar-refractivity contribution in [3.05, 3.63) is 77.5 Å². The molecule has 0 bridgehead atoms. The minimum Gasteiger partial charge on any atom is -0.467 e. The van der Waals surface area contributed by atoms with Gasteiger partial charge in [0.05, 0.1) is 12.8 Å². The van der Waals surface area contributed by atoms with E-state index >= 15 is 0 Å². The molecule has 0 aliphatic rings. The van der Waals surface area contributed by atoms with Crippen molar-refractivity contribution in [2.75, 3.05) is 7.05 Å². The van der Waals surface area contributed by atoms with Gasteiger partial charge in [0.1, 0.15) is 5.76 Å². The number of nitrogens with zero attached hydrogens (tertiary/aromatic N) is 2. The maximum Gasteiger partial charge on any atom is 0.254 e. The summed E-state index contributed by atoms with van der Waals surface area (Å²) in [6, 6.07) is 15.6. The first-order valence-corrected chi connectivity index (χ1v) is 7.59. The van der Waals surface area contributed by atoms with E-state index in [4.69, 9.17) is 4.42 Å². The Kier molecular flexibility index (Phi) is 4.06. The number of aryl methyl sites for hydroxylation is 2. The summed E-state index contributed by atoms with van der Waals surface area (Å²) < 4.78 is 7.45. The first kappa shape index (κ1) is 15.2. The molecule has 1 aromatic carbocycles. The number of rotatable bonds is 4. The normalized spacial score (nSPS) is 10.7. The van der Waals surface area contributed by atoms with Gasteiger partial charge in [-0.2, -0.15) is 0 Å². The number of carbonyl (C=O) groups is 1. The van der Waals surface area contributed by atoms with E-state index < -0.39 is 0 Å². The molecule has 0 spiro atoms. The Labute approximate surface area is 136 Å². The predicted octanol–water partition coefficient (Wildman–Crippen LogP) is 3.96. The van der Waals surface area contributed by atoms with Gasteiger partial charge < -0.3 is 13.9 Å². The molecule has 0 saturated carbocycles. The van der Waals surface area contributed by atoms with Crippen molar-refractivity contribution < 1.29 is 9.21 Å². The second kappa shape index (κ2) is 6.16. The van der Waals surface area contributed by atoms with E-state index in [0.29, 0.717) is 12.1 Å². The topological polar surface area (TPSA) is 38.4 Å². The third-order valence-electron chi connectivity index (χ3n) is 3.96. The molecule has 0 radical (unpaired) electrons. The number of benzene rings is 1. The second-order valence-corrected chi connectivity index (χ2v) is 5.74. The van der Waals surface area contributed by atoms with E-state index in [1.54, 1.807) is 18.2 Å². The highest BCUT2D eigenvalue weighted by atomic mass is 16.3. The Hall–Kier alpha value is -2.75. The van der Waals surface area contributed by atoms with Gasteiger partial charge in [0, 0.05) is 29.7 Å². The first-order valence-electron chi connectivity index (χ1n) is 7.59. The summed E-state index contributed by atoms with van der Waals surface area (Å²) in [5.41, 5.74) is 4.09. The summed E-state index contributed by atoms with van der Waals surface area (Å²) in [6.07, 6.45) is 1.62. The average molecular weight is 308 g/mol. The Morgan fingerprint density at radius 3 is 2.26 bits per heavy atom. The van der Waals surface area contributed by atoms with Crippen LogP contribution >= 0.6 is 0 Å². The van der Waals surface area contributed by atoms with Crippen LogP contribution in [-0.2, 0) is 6.54 Å². The van der Waals surface area contributed by atoms with Crippen LogP contribution in [0, 0.1) is 13.8 Å². The van der Waals surface area contributed by atoms with E-state index in [2.05, 4.69) is 30.5 Å². The molecule has 0 fully saturated rings. The third-order valence-corrected chi connectivity index (χ3v) is 3.96. The van der Waals surface area contributed by atoms with E-state index in [-0.39, 0.29) is 5.91 Å². The molecule has 118 valence electrons. The number of amides is 1. The quantitative estimate of drug-likeness (QED) is 0.731. The highest BCUT2D eigenvalue weighted by Gasteiger charge is 2.13. The number of hydrogen-bond acceptors (Lipinski definition) is 2. The number of carbonyl (C=O) groups excluding carboxylic acids is 1. The van der Waals surface area contributed by atoms with Crippen LogP contribution < -0.4 is 0 Å². The summed E-state index contributed by atoms with van der Waals surface area (Å²) in [5.74, 6) is 0.755. The van der Waals surface area contributed by atoms with Crippen LogP contribution in [0.2, 0.25) is 0 Å². The molecule has 3 rings (SSSR count). The smallest absolute Gasteiger partial charge is 0.254 e. The zero-order valence-electron chi connectivity index (χ0n) is 13.6. The van der Waals surface area contributed by atoms with Crippen LogP contribution in [0.5, 0.6) is 0 Å². The maximum absolute atomic E-state index is 12.5. The number of aromatic nitrogens is 1. The lowest BCUT2D eigenvalue weighted by atomic mass is 10.1. The van der Waals surface area contributed by atoms with Crippen molar-refractivity contribution in [2.45, 2.75) is 20.4 Å². The lowest BCUT2D eigenvalue weighted by Crippen LogP contribution is -2.25. The lowest BCUT2D eigenvalue weighted by molar-refractivity contribution is 0.0775.